The molecule has 0 aliphatic carbocycles. The number of hydrogen-bond acceptors (Lipinski definition) is 5. The van der Waals surface area contributed by atoms with Gasteiger partial charge in [-0.05, 0) is 30.0 Å². The minimum absolute atomic E-state index is 0.666. The van der Waals surface area contributed by atoms with Gasteiger partial charge in [0, 0.05) is 22.6 Å². The van der Waals surface area contributed by atoms with E-state index in [4.69, 9.17) is 4.74 Å². The lowest BCUT2D eigenvalue weighted by atomic mass is 10.1. The molecule has 1 aromatic carbocycles. The van der Waals surface area contributed by atoms with Crippen molar-refractivity contribution in [3.05, 3.63) is 57.5 Å². The Morgan fingerprint density at radius 1 is 1.27 bits per heavy atom. The van der Waals surface area contributed by atoms with Gasteiger partial charge in [-0.2, -0.15) is 5.10 Å². The Morgan fingerprint density at radius 3 is 2.91 bits per heavy atom. The van der Waals surface area contributed by atoms with Crippen molar-refractivity contribution in [1.29, 1.82) is 0 Å². The van der Waals surface area contributed by atoms with Gasteiger partial charge in [0.2, 0.25) is 0 Å². The van der Waals surface area contributed by atoms with Crippen LogP contribution in [-0.4, -0.2) is 22.3 Å². The first-order chi connectivity index (χ1) is 10.8. The maximum Gasteiger partial charge on any atom is 0.184 e. The Bertz CT molecular complexity index is 751. The van der Waals surface area contributed by atoms with Crippen LogP contribution in [0.4, 0.5) is 0 Å². The molecular formula is C16H17N3OS2. The van der Waals surface area contributed by atoms with Crippen LogP contribution < -0.4 is 4.74 Å². The fourth-order valence-electron chi connectivity index (χ4n) is 2.13. The number of aryl methyl sites for hydroxylation is 1. The molecule has 0 fully saturated rings. The van der Waals surface area contributed by atoms with Gasteiger partial charge >= 0.3 is 0 Å². The third-order valence-electron chi connectivity index (χ3n) is 3.36. The van der Waals surface area contributed by atoms with Gasteiger partial charge in [-0.1, -0.05) is 30.0 Å². The number of aromatic nitrogens is 3. The summed E-state index contributed by atoms with van der Waals surface area (Å²) in [5, 5.41) is 10.3. The summed E-state index contributed by atoms with van der Waals surface area (Å²) in [6.45, 7) is 2.14. The van der Waals surface area contributed by atoms with E-state index >= 15 is 0 Å². The molecule has 2 aromatic heterocycles. The van der Waals surface area contributed by atoms with Crippen molar-refractivity contribution in [3.63, 3.8) is 0 Å². The molecule has 0 aliphatic rings. The number of thiophene rings is 1. The Morgan fingerprint density at radius 2 is 2.14 bits per heavy atom. The summed E-state index contributed by atoms with van der Waals surface area (Å²) in [6.07, 6.45) is 0.666. The number of nitrogens with zero attached hydrogens (tertiary/aromatic N) is 2. The van der Waals surface area contributed by atoms with Gasteiger partial charge in [-0.3, -0.25) is 5.10 Å². The van der Waals surface area contributed by atoms with Crippen LogP contribution in [0.25, 0.3) is 0 Å². The molecule has 2 heterocycles. The molecule has 0 saturated heterocycles. The summed E-state index contributed by atoms with van der Waals surface area (Å²) in [5.74, 6) is 2.58. The molecule has 0 saturated carbocycles. The lowest BCUT2D eigenvalue weighted by molar-refractivity contribution is 0.410. The second-order valence-electron chi connectivity index (χ2n) is 4.86. The first-order valence-corrected chi connectivity index (χ1v) is 8.81. The van der Waals surface area contributed by atoms with Gasteiger partial charge < -0.3 is 4.74 Å². The van der Waals surface area contributed by atoms with E-state index in [2.05, 4.69) is 33.6 Å². The Hall–Kier alpha value is -1.79. The second kappa shape index (κ2) is 6.98. The molecule has 0 spiro atoms. The average Bonchev–Trinajstić information content (AvgIpc) is 3.15. The quantitative estimate of drug-likeness (QED) is 0.692. The normalized spacial score (nSPS) is 10.8. The van der Waals surface area contributed by atoms with Crippen LogP contribution in [0.2, 0.25) is 0 Å². The molecule has 114 valence electrons. The molecule has 0 radical (unpaired) electrons. The third-order valence-corrected chi connectivity index (χ3v) is 5.46. The van der Waals surface area contributed by atoms with Crippen molar-refractivity contribution in [2.24, 2.45) is 0 Å². The molecule has 0 atom stereocenters. The minimum Gasteiger partial charge on any atom is -0.496 e. The number of thioether (sulfide) groups is 1. The van der Waals surface area contributed by atoms with Crippen LogP contribution in [-0.2, 0) is 12.2 Å². The number of hydrogen-bond donors (Lipinski definition) is 1. The van der Waals surface area contributed by atoms with Gasteiger partial charge in [0.25, 0.3) is 0 Å². The molecule has 6 heteroatoms. The van der Waals surface area contributed by atoms with Crippen LogP contribution in [0.1, 0.15) is 21.8 Å². The molecule has 4 nitrogen and oxygen atoms in total. The Balaban J connectivity index is 1.65. The van der Waals surface area contributed by atoms with Gasteiger partial charge in [-0.25, -0.2) is 4.98 Å². The molecule has 22 heavy (non-hydrogen) atoms. The largest absolute Gasteiger partial charge is 0.496 e. The fraction of sp³-hybridized carbons (Fsp3) is 0.250. The predicted molar refractivity (Wildman–Crippen MR) is 90.8 cm³/mol. The number of para-hydroxylation sites is 1. The van der Waals surface area contributed by atoms with Crippen molar-refractivity contribution < 1.29 is 4.74 Å². The van der Waals surface area contributed by atoms with E-state index in [-0.39, 0.29) is 0 Å². The lowest BCUT2D eigenvalue weighted by Gasteiger charge is -2.05. The van der Waals surface area contributed by atoms with E-state index in [1.165, 1.54) is 10.4 Å². The van der Waals surface area contributed by atoms with Crippen LogP contribution in [0.5, 0.6) is 5.75 Å². The number of nitrogens with one attached hydrogen (secondary N) is 1. The van der Waals surface area contributed by atoms with Crippen molar-refractivity contribution in [2.75, 3.05) is 7.11 Å². The van der Waals surface area contributed by atoms with Gasteiger partial charge in [-0.15, -0.1) is 11.3 Å². The van der Waals surface area contributed by atoms with E-state index in [1.807, 2.05) is 24.3 Å². The Labute approximate surface area is 137 Å². The first-order valence-electron chi connectivity index (χ1n) is 6.95. The zero-order valence-electron chi connectivity index (χ0n) is 12.5. The number of methoxy groups -OCH3 is 1. The number of benzene rings is 1. The highest BCUT2D eigenvalue weighted by Gasteiger charge is 2.09. The monoisotopic (exact) mass is 331 g/mol. The summed E-state index contributed by atoms with van der Waals surface area (Å²) in [4.78, 5) is 5.94. The topological polar surface area (TPSA) is 50.8 Å². The summed E-state index contributed by atoms with van der Waals surface area (Å²) >= 11 is 3.47. The molecule has 3 aromatic rings. The van der Waals surface area contributed by atoms with Crippen molar-refractivity contribution >= 4 is 23.1 Å². The molecule has 0 unspecified atom stereocenters. The molecular weight excluding hydrogens is 314 g/mol. The molecule has 0 amide bonds. The predicted octanol–water partition coefficient (Wildman–Crippen LogP) is 4.07. The standard InChI is InChI=1S/C16H17N3OS2/c1-11-7-8-21-14(11)10-22-16-17-15(18-19-16)9-12-5-3-4-6-13(12)20-2/h3-8H,9-10H2,1-2H3,(H,17,18,19). The van der Waals surface area contributed by atoms with Gasteiger partial charge in [0.15, 0.2) is 11.0 Å². The number of aromatic amines is 1. The maximum atomic E-state index is 5.36. The SMILES string of the molecule is COc1ccccc1Cc1n[nH]c(SCc2sccc2C)n1. The fourth-order valence-corrected chi connectivity index (χ4v) is 4.04. The number of H-pyrrole nitrogens is 1. The van der Waals surface area contributed by atoms with Crippen molar-refractivity contribution in [2.45, 2.75) is 24.3 Å². The highest BCUT2D eigenvalue weighted by Crippen LogP contribution is 2.26. The molecule has 0 bridgehead atoms. The van der Waals surface area contributed by atoms with Crippen LogP contribution in [0.3, 0.4) is 0 Å². The van der Waals surface area contributed by atoms with E-state index in [9.17, 15) is 0 Å². The molecule has 1 N–H and O–H groups in total. The highest BCUT2D eigenvalue weighted by atomic mass is 32.2. The van der Waals surface area contributed by atoms with E-state index < -0.39 is 0 Å². The zero-order chi connectivity index (χ0) is 15.4. The molecule has 3 rings (SSSR count). The third kappa shape index (κ3) is 3.51. The number of rotatable bonds is 6. The maximum absolute atomic E-state index is 5.36. The van der Waals surface area contributed by atoms with E-state index in [1.54, 1.807) is 30.2 Å². The van der Waals surface area contributed by atoms with Gasteiger partial charge in [0.05, 0.1) is 7.11 Å². The van der Waals surface area contributed by atoms with Crippen LogP contribution in [0.15, 0.2) is 40.9 Å². The van der Waals surface area contributed by atoms with Crippen molar-refractivity contribution in [3.8, 4) is 5.75 Å². The lowest BCUT2D eigenvalue weighted by Crippen LogP contribution is -1.95. The smallest absolute Gasteiger partial charge is 0.184 e. The summed E-state index contributed by atoms with van der Waals surface area (Å²) in [7, 11) is 1.68. The first kappa shape index (κ1) is 15.1. The summed E-state index contributed by atoms with van der Waals surface area (Å²) in [6, 6.07) is 10.1. The van der Waals surface area contributed by atoms with Crippen molar-refractivity contribution in [1.82, 2.24) is 15.2 Å². The average molecular weight is 331 g/mol. The minimum atomic E-state index is 0.666. The van der Waals surface area contributed by atoms with Crippen LogP contribution in [0, 0.1) is 6.92 Å². The zero-order valence-corrected chi connectivity index (χ0v) is 14.1. The van der Waals surface area contributed by atoms with E-state index in [0.29, 0.717) is 6.42 Å². The van der Waals surface area contributed by atoms with Crippen LogP contribution >= 0.6 is 23.1 Å². The second-order valence-corrected chi connectivity index (χ2v) is 6.83. The van der Waals surface area contributed by atoms with E-state index in [0.717, 1.165) is 28.0 Å². The van der Waals surface area contributed by atoms with Gasteiger partial charge in [0.1, 0.15) is 5.75 Å². The Kier molecular flexibility index (Phi) is 4.80. The highest BCUT2D eigenvalue weighted by molar-refractivity contribution is 7.98. The summed E-state index contributed by atoms with van der Waals surface area (Å²) in [5.41, 5.74) is 2.43. The number of ether oxygens (including phenoxy) is 1. The summed E-state index contributed by atoms with van der Waals surface area (Å²) < 4.78 is 5.36. The molecule has 0 aliphatic heterocycles.